The zero-order chi connectivity index (χ0) is 12.8. The fraction of sp³-hybridized carbons (Fsp3) is 1.00. The van der Waals surface area contributed by atoms with Crippen LogP contribution in [0.2, 0.25) is 0 Å². The van der Waals surface area contributed by atoms with Gasteiger partial charge in [0.15, 0.2) is 0 Å². The van der Waals surface area contributed by atoms with Gasteiger partial charge in [-0.2, -0.15) is 0 Å². The molecule has 0 heterocycles. The zero-order valence-corrected chi connectivity index (χ0v) is 12.4. The van der Waals surface area contributed by atoms with E-state index in [1.165, 1.54) is 19.1 Å². The van der Waals surface area contributed by atoms with Crippen LogP contribution < -0.4 is 0 Å². The number of sulfone groups is 1. The Kier molecular flexibility index (Phi) is 6.61. The molecule has 0 radical (unpaired) electrons. The second-order valence-electron chi connectivity index (χ2n) is 5.60. The van der Waals surface area contributed by atoms with Gasteiger partial charge in [-0.3, -0.25) is 0 Å². The highest BCUT2D eigenvalue weighted by molar-refractivity contribution is 7.90. The van der Waals surface area contributed by atoms with E-state index in [1.807, 2.05) is 0 Å². The lowest BCUT2D eigenvalue weighted by Gasteiger charge is -2.33. The van der Waals surface area contributed by atoms with Crippen molar-refractivity contribution in [1.82, 2.24) is 0 Å². The van der Waals surface area contributed by atoms with Crippen LogP contribution in [0.4, 0.5) is 0 Å². The molecule has 0 fully saturated rings. The van der Waals surface area contributed by atoms with Gasteiger partial charge in [0, 0.05) is 6.26 Å². The first-order chi connectivity index (χ1) is 7.23. The van der Waals surface area contributed by atoms with Crippen molar-refractivity contribution in [2.75, 3.05) is 12.0 Å². The minimum Gasteiger partial charge on any atom is -0.229 e. The van der Waals surface area contributed by atoms with E-state index < -0.39 is 9.84 Å². The van der Waals surface area contributed by atoms with Gasteiger partial charge in [-0.25, -0.2) is 8.42 Å². The molecule has 0 aromatic carbocycles. The fourth-order valence-corrected chi connectivity index (χ4v) is 2.73. The summed E-state index contributed by atoms with van der Waals surface area (Å²) in [6.45, 7) is 8.90. The van der Waals surface area contributed by atoms with Crippen LogP contribution in [-0.2, 0) is 9.84 Å². The molecule has 0 saturated heterocycles. The monoisotopic (exact) mass is 248 g/mol. The topological polar surface area (TPSA) is 34.1 Å². The second-order valence-corrected chi connectivity index (χ2v) is 7.86. The molecule has 0 aliphatic heterocycles. The molecule has 2 nitrogen and oxygen atoms in total. The Morgan fingerprint density at radius 3 is 2.06 bits per heavy atom. The van der Waals surface area contributed by atoms with Crippen LogP contribution in [0.3, 0.4) is 0 Å². The van der Waals surface area contributed by atoms with E-state index in [0.717, 1.165) is 19.3 Å². The third-order valence-electron chi connectivity index (χ3n) is 3.76. The van der Waals surface area contributed by atoms with E-state index in [2.05, 4.69) is 27.7 Å². The Hall–Kier alpha value is -0.0500. The smallest absolute Gasteiger partial charge is 0.147 e. The Labute approximate surface area is 102 Å². The summed E-state index contributed by atoms with van der Waals surface area (Å²) in [4.78, 5) is 0. The highest BCUT2D eigenvalue weighted by Crippen LogP contribution is 2.36. The Bertz CT molecular complexity index is 278. The van der Waals surface area contributed by atoms with Crippen LogP contribution in [0.25, 0.3) is 0 Å². The molecule has 0 aliphatic rings. The third-order valence-corrected chi connectivity index (χ3v) is 4.74. The van der Waals surface area contributed by atoms with Crippen LogP contribution >= 0.6 is 0 Å². The quantitative estimate of drug-likeness (QED) is 0.657. The van der Waals surface area contributed by atoms with Gasteiger partial charge in [0.05, 0.1) is 5.75 Å². The van der Waals surface area contributed by atoms with Gasteiger partial charge < -0.3 is 0 Å². The molecule has 3 heteroatoms. The molecule has 1 atom stereocenters. The maximum Gasteiger partial charge on any atom is 0.147 e. The van der Waals surface area contributed by atoms with Gasteiger partial charge in [-0.1, -0.05) is 47.0 Å². The average molecular weight is 248 g/mol. The van der Waals surface area contributed by atoms with Crippen LogP contribution in [0, 0.1) is 11.3 Å². The van der Waals surface area contributed by atoms with Crippen molar-refractivity contribution in [1.29, 1.82) is 0 Å². The summed E-state index contributed by atoms with van der Waals surface area (Å²) in [5.74, 6) is 0.873. The van der Waals surface area contributed by atoms with Gasteiger partial charge in [0.25, 0.3) is 0 Å². The molecule has 0 saturated carbocycles. The van der Waals surface area contributed by atoms with Crippen LogP contribution in [0.15, 0.2) is 0 Å². The number of unbranched alkanes of at least 4 members (excludes halogenated alkanes) is 1. The Morgan fingerprint density at radius 2 is 1.69 bits per heavy atom. The summed E-state index contributed by atoms with van der Waals surface area (Å²) in [6.07, 6.45) is 6.83. The zero-order valence-electron chi connectivity index (χ0n) is 11.5. The molecule has 0 aromatic rings. The van der Waals surface area contributed by atoms with E-state index in [4.69, 9.17) is 0 Å². The first-order valence-corrected chi connectivity index (χ1v) is 8.46. The van der Waals surface area contributed by atoms with Crippen molar-refractivity contribution in [3.05, 3.63) is 0 Å². The molecule has 98 valence electrons. The van der Waals surface area contributed by atoms with E-state index in [1.54, 1.807) is 0 Å². The lowest BCUT2D eigenvalue weighted by molar-refractivity contribution is 0.182. The first-order valence-electron chi connectivity index (χ1n) is 6.40. The van der Waals surface area contributed by atoms with Gasteiger partial charge in [0.1, 0.15) is 9.84 Å². The normalized spacial score (nSPS) is 15.1. The van der Waals surface area contributed by atoms with E-state index in [-0.39, 0.29) is 5.41 Å². The summed E-state index contributed by atoms with van der Waals surface area (Å²) < 4.78 is 22.4. The van der Waals surface area contributed by atoms with E-state index in [0.29, 0.717) is 11.7 Å². The molecular weight excluding hydrogens is 220 g/mol. The highest BCUT2D eigenvalue weighted by Gasteiger charge is 2.27. The molecule has 0 spiro atoms. The van der Waals surface area contributed by atoms with Crippen molar-refractivity contribution in [3.8, 4) is 0 Å². The lowest BCUT2D eigenvalue weighted by atomic mass is 9.73. The molecule has 0 amide bonds. The molecule has 0 aliphatic carbocycles. The van der Waals surface area contributed by atoms with Gasteiger partial charge in [0.2, 0.25) is 0 Å². The summed E-state index contributed by atoms with van der Waals surface area (Å²) in [5, 5.41) is 0. The van der Waals surface area contributed by atoms with Crippen LogP contribution in [0.5, 0.6) is 0 Å². The highest BCUT2D eigenvalue weighted by atomic mass is 32.2. The predicted molar refractivity (Wildman–Crippen MR) is 71.4 cm³/mol. The van der Waals surface area contributed by atoms with Crippen molar-refractivity contribution in [3.63, 3.8) is 0 Å². The van der Waals surface area contributed by atoms with Crippen LogP contribution in [0.1, 0.15) is 59.8 Å². The minimum absolute atomic E-state index is 0.264. The molecule has 0 rings (SSSR count). The maximum atomic E-state index is 11.2. The van der Waals surface area contributed by atoms with E-state index in [9.17, 15) is 8.42 Å². The number of hydrogen-bond acceptors (Lipinski definition) is 2. The summed E-state index contributed by atoms with van der Waals surface area (Å²) in [7, 11) is -2.81. The summed E-state index contributed by atoms with van der Waals surface area (Å²) >= 11 is 0. The standard InChI is InChI=1S/C13H28O2S/c1-6-8-9-12(13(3,4)7-2)10-11-16(5,14)15/h12H,6-11H2,1-5H3/t12-/m0/s1. The SMILES string of the molecule is CCCC[C@@H](CCS(C)(=O)=O)C(C)(C)CC. The summed E-state index contributed by atoms with van der Waals surface area (Å²) in [6, 6.07) is 0. The van der Waals surface area contributed by atoms with Gasteiger partial charge in [-0.15, -0.1) is 0 Å². The summed E-state index contributed by atoms with van der Waals surface area (Å²) in [5.41, 5.74) is 0.264. The van der Waals surface area contributed by atoms with Gasteiger partial charge >= 0.3 is 0 Å². The van der Waals surface area contributed by atoms with Crippen molar-refractivity contribution in [2.24, 2.45) is 11.3 Å². The largest absolute Gasteiger partial charge is 0.229 e. The van der Waals surface area contributed by atoms with Crippen molar-refractivity contribution >= 4 is 9.84 Å². The maximum absolute atomic E-state index is 11.2. The molecule has 16 heavy (non-hydrogen) atoms. The molecular formula is C13H28O2S. The third kappa shape index (κ3) is 6.51. The fourth-order valence-electron chi connectivity index (χ4n) is 2.02. The number of hydrogen-bond donors (Lipinski definition) is 0. The molecule has 0 unspecified atom stereocenters. The average Bonchev–Trinajstić information content (AvgIpc) is 2.16. The lowest BCUT2D eigenvalue weighted by Crippen LogP contribution is -2.25. The van der Waals surface area contributed by atoms with Crippen molar-refractivity contribution in [2.45, 2.75) is 59.8 Å². The van der Waals surface area contributed by atoms with E-state index >= 15 is 0 Å². The minimum atomic E-state index is -2.81. The molecule has 0 N–H and O–H groups in total. The molecule has 0 aromatic heterocycles. The molecule has 0 bridgehead atoms. The van der Waals surface area contributed by atoms with Crippen molar-refractivity contribution < 1.29 is 8.42 Å². The number of rotatable bonds is 8. The Morgan fingerprint density at radius 1 is 1.12 bits per heavy atom. The predicted octanol–water partition coefficient (Wildman–Crippen LogP) is 3.66. The second kappa shape index (κ2) is 6.63. The first kappa shape index (κ1) is 16.0. The van der Waals surface area contributed by atoms with Crippen LogP contribution in [-0.4, -0.2) is 20.4 Å². The Balaban J connectivity index is 4.43. The van der Waals surface area contributed by atoms with Gasteiger partial charge in [-0.05, 0) is 24.2 Å².